The molecule has 2 rings (SSSR count). The Bertz CT molecular complexity index is 769. The van der Waals surface area contributed by atoms with Gasteiger partial charge in [0.15, 0.2) is 46.5 Å². The van der Waals surface area contributed by atoms with E-state index in [1.165, 1.54) is 0 Å². The Hall–Kier alpha value is -2.45. The van der Waals surface area contributed by atoms with E-state index < -0.39 is 63.5 Å². The van der Waals surface area contributed by atoms with Crippen molar-refractivity contribution in [2.75, 3.05) is 0 Å². The topological polar surface area (TPSA) is 0 Å². The Balaban J connectivity index is 2.64. The third-order valence-electron chi connectivity index (χ3n) is 2.81. The molecule has 0 radical (unpaired) electrons. The molecule has 0 bridgehead atoms. The van der Waals surface area contributed by atoms with Crippen LogP contribution in [0.3, 0.4) is 0 Å². The van der Waals surface area contributed by atoms with Crippen LogP contribution in [0.2, 0.25) is 0 Å². The fraction of sp³-hybridized carbons (Fsp3) is 0. The molecular weight excluding hydrogens is 339 g/mol. The number of hydrogen-bond acceptors (Lipinski definition) is 0. The molecule has 0 atom stereocenters. The second-order valence-corrected chi connectivity index (χ2v) is 4.20. The molecule has 23 heavy (non-hydrogen) atoms. The smallest absolute Gasteiger partial charge is 0.200 e. The lowest BCUT2D eigenvalue weighted by molar-refractivity contribution is 0.377. The molecule has 0 saturated carbocycles. The van der Waals surface area contributed by atoms with E-state index in [4.69, 9.17) is 0 Å². The minimum atomic E-state index is -2.42. The maximum atomic E-state index is 13.4. The predicted octanol–water partition coefficient (Wildman–Crippen LogP) is 5.11. The summed E-state index contributed by atoms with van der Waals surface area (Å²) in [6.07, 6.45) is 0.256. The summed E-state index contributed by atoms with van der Waals surface area (Å²) in [5.74, 6) is -18.9. The van der Waals surface area contributed by atoms with E-state index in [1.807, 2.05) is 0 Å². The van der Waals surface area contributed by atoms with Gasteiger partial charge >= 0.3 is 0 Å². The third-order valence-corrected chi connectivity index (χ3v) is 2.81. The van der Waals surface area contributed by atoms with Gasteiger partial charge < -0.3 is 0 Å². The lowest BCUT2D eigenvalue weighted by Gasteiger charge is -2.05. The summed E-state index contributed by atoms with van der Waals surface area (Å²) in [6, 6.07) is -0.111. The van der Waals surface area contributed by atoms with Gasteiger partial charge in [0, 0.05) is 6.07 Å². The molecule has 2 aromatic rings. The Morgan fingerprint density at radius 2 is 0.739 bits per heavy atom. The monoisotopic (exact) mass is 342 g/mol. The second kappa shape index (κ2) is 5.98. The molecule has 0 nitrogen and oxygen atoms in total. The first-order chi connectivity index (χ1) is 10.7. The van der Waals surface area contributed by atoms with Crippen LogP contribution in [0.4, 0.5) is 39.5 Å². The van der Waals surface area contributed by atoms with Crippen molar-refractivity contribution in [2.45, 2.75) is 0 Å². The van der Waals surface area contributed by atoms with Gasteiger partial charge in [-0.2, -0.15) is 0 Å². The molecule has 9 heteroatoms. The third kappa shape index (κ3) is 2.78. The number of halogens is 9. The average molecular weight is 342 g/mol. The first kappa shape index (κ1) is 16.9. The second-order valence-electron chi connectivity index (χ2n) is 4.20. The molecule has 0 spiro atoms. The first-order valence-electron chi connectivity index (χ1n) is 5.69. The number of hydrogen-bond donors (Lipinski definition) is 0. The minimum absolute atomic E-state index is 0.108. The molecule has 0 heterocycles. The Labute approximate surface area is 122 Å². The highest BCUT2D eigenvalue weighted by atomic mass is 19.2. The first-order valence-corrected chi connectivity index (χ1v) is 5.69. The van der Waals surface area contributed by atoms with E-state index in [0.717, 1.165) is 0 Å². The molecule has 0 aliphatic carbocycles. The van der Waals surface area contributed by atoms with Crippen LogP contribution < -0.4 is 0 Å². The quantitative estimate of drug-likeness (QED) is 0.308. The van der Waals surface area contributed by atoms with Crippen molar-refractivity contribution in [3.63, 3.8) is 0 Å². The SMILES string of the molecule is Fc1cc(F)c(F)c(/C=C/c2c(F)c(F)c(F)c(F)c2F)c1F. The summed E-state index contributed by atoms with van der Waals surface area (Å²) in [7, 11) is 0. The summed E-state index contributed by atoms with van der Waals surface area (Å²) in [4.78, 5) is 0. The highest BCUT2D eigenvalue weighted by Gasteiger charge is 2.24. The van der Waals surface area contributed by atoms with Crippen LogP contribution in [-0.4, -0.2) is 0 Å². The van der Waals surface area contributed by atoms with Gasteiger partial charge in [0.25, 0.3) is 0 Å². The molecule has 0 amide bonds. The molecule has 0 unspecified atom stereocenters. The largest absolute Gasteiger partial charge is 0.204 e. The summed E-state index contributed by atoms with van der Waals surface area (Å²) in [6.45, 7) is 0. The zero-order valence-electron chi connectivity index (χ0n) is 10.6. The van der Waals surface area contributed by atoms with Crippen molar-refractivity contribution in [3.8, 4) is 0 Å². The van der Waals surface area contributed by atoms with Gasteiger partial charge in [-0.3, -0.25) is 0 Å². The predicted molar refractivity (Wildman–Crippen MR) is 61.4 cm³/mol. The molecule has 0 N–H and O–H groups in total. The van der Waals surface area contributed by atoms with Crippen LogP contribution in [-0.2, 0) is 0 Å². The average Bonchev–Trinajstić information content (AvgIpc) is 2.52. The van der Waals surface area contributed by atoms with Crippen molar-refractivity contribution >= 4 is 12.2 Å². The lowest BCUT2D eigenvalue weighted by Crippen LogP contribution is -2.04. The van der Waals surface area contributed by atoms with Gasteiger partial charge in [-0.25, -0.2) is 39.5 Å². The van der Waals surface area contributed by atoms with Crippen molar-refractivity contribution in [3.05, 3.63) is 69.5 Å². The Morgan fingerprint density at radius 3 is 1.13 bits per heavy atom. The summed E-state index contributed by atoms with van der Waals surface area (Å²) in [5.41, 5.74) is -2.91. The zero-order valence-corrected chi connectivity index (χ0v) is 10.6. The summed E-state index contributed by atoms with van der Waals surface area (Å²) in [5, 5.41) is 0. The normalized spacial score (nSPS) is 11.5. The van der Waals surface area contributed by atoms with Crippen molar-refractivity contribution < 1.29 is 39.5 Å². The fourth-order valence-electron chi connectivity index (χ4n) is 1.67. The molecule has 0 saturated heterocycles. The van der Waals surface area contributed by atoms with E-state index in [0.29, 0.717) is 0 Å². The minimum Gasteiger partial charge on any atom is -0.204 e. The van der Waals surface area contributed by atoms with E-state index in [-0.39, 0.29) is 18.2 Å². The van der Waals surface area contributed by atoms with Crippen LogP contribution >= 0.6 is 0 Å². The molecule has 122 valence electrons. The highest BCUT2D eigenvalue weighted by molar-refractivity contribution is 5.71. The zero-order chi connectivity index (χ0) is 17.5. The Kier molecular flexibility index (Phi) is 4.39. The standard InChI is InChI=1S/C14H3F9/c15-6-3-7(16)9(18)4(8(6)17)1-2-5-10(19)12(21)14(23)13(22)11(5)20/h1-3H/b2-1+. The fourth-order valence-corrected chi connectivity index (χ4v) is 1.67. The van der Waals surface area contributed by atoms with E-state index in [9.17, 15) is 39.5 Å². The van der Waals surface area contributed by atoms with Crippen molar-refractivity contribution in [1.82, 2.24) is 0 Å². The van der Waals surface area contributed by atoms with Gasteiger partial charge in [0.2, 0.25) is 5.82 Å². The van der Waals surface area contributed by atoms with E-state index in [1.54, 1.807) is 0 Å². The summed E-state index contributed by atoms with van der Waals surface area (Å²) >= 11 is 0. The van der Waals surface area contributed by atoms with Gasteiger partial charge in [-0.05, 0) is 12.2 Å². The summed E-state index contributed by atoms with van der Waals surface area (Å²) < 4.78 is 118. The molecule has 0 aromatic heterocycles. The van der Waals surface area contributed by atoms with E-state index >= 15 is 0 Å². The highest BCUT2D eigenvalue weighted by Crippen LogP contribution is 2.26. The van der Waals surface area contributed by atoms with Crippen LogP contribution in [0.5, 0.6) is 0 Å². The van der Waals surface area contributed by atoms with Crippen LogP contribution in [0.15, 0.2) is 6.07 Å². The van der Waals surface area contributed by atoms with Gasteiger partial charge in [0.05, 0.1) is 11.1 Å². The van der Waals surface area contributed by atoms with Gasteiger partial charge in [0.1, 0.15) is 0 Å². The molecule has 0 aliphatic rings. The molecular formula is C14H3F9. The molecule has 0 fully saturated rings. The lowest BCUT2D eigenvalue weighted by atomic mass is 10.1. The van der Waals surface area contributed by atoms with Crippen LogP contribution in [0, 0.1) is 52.4 Å². The molecule has 2 aromatic carbocycles. The van der Waals surface area contributed by atoms with Crippen molar-refractivity contribution in [1.29, 1.82) is 0 Å². The maximum absolute atomic E-state index is 13.4. The molecule has 0 aliphatic heterocycles. The van der Waals surface area contributed by atoms with Crippen LogP contribution in [0.25, 0.3) is 12.2 Å². The van der Waals surface area contributed by atoms with Crippen LogP contribution in [0.1, 0.15) is 11.1 Å². The van der Waals surface area contributed by atoms with E-state index in [2.05, 4.69) is 0 Å². The van der Waals surface area contributed by atoms with Crippen molar-refractivity contribution in [2.24, 2.45) is 0 Å². The number of benzene rings is 2. The maximum Gasteiger partial charge on any atom is 0.200 e. The number of rotatable bonds is 2. The van der Waals surface area contributed by atoms with Gasteiger partial charge in [-0.1, -0.05) is 0 Å². The van der Waals surface area contributed by atoms with Gasteiger partial charge in [-0.15, -0.1) is 0 Å². The Morgan fingerprint density at radius 1 is 0.435 bits per heavy atom.